The van der Waals surface area contributed by atoms with Crippen LogP contribution in [0.1, 0.15) is 0 Å². The third kappa shape index (κ3) is 5.92. The highest BCUT2D eigenvalue weighted by Gasteiger charge is 2.18. The molecule has 4 heteroatoms. The number of nitrogens with zero attached hydrogens (tertiary/aromatic N) is 3. The van der Waals surface area contributed by atoms with Gasteiger partial charge in [-0.3, -0.25) is 0 Å². The predicted molar refractivity (Wildman–Crippen MR) is 235 cm³/mol. The lowest BCUT2D eigenvalue weighted by Gasteiger charge is -2.11. The molecule has 0 spiro atoms. The predicted octanol–water partition coefficient (Wildman–Crippen LogP) is 14.1. The van der Waals surface area contributed by atoms with Crippen molar-refractivity contribution in [2.24, 2.45) is 0 Å². The lowest BCUT2D eigenvalue weighted by Crippen LogP contribution is -2.00. The van der Waals surface area contributed by atoms with Gasteiger partial charge in [-0.15, -0.1) is 0 Å². The van der Waals surface area contributed by atoms with E-state index in [4.69, 9.17) is 19.4 Å². The first-order chi connectivity index (χ1) is 28.2. The Kier molecular flexibility index (Phi) is 7.78. The van der Waals surface area contributed by atoms with E-state index in [0.29, 0.717) is 17.5 Å². The van der Waals surface area contributed by atoms with Crippen LogP contribution in [0.4, 0.5) is 0 Å². The number of rotatable bonds is 6. The molecule has 4 nitrogen and oxygen atoms in total. The number of aromatic nitrogens is 3. The van der Waals surface area contributed by atoms with Gasteiger partial charge in [-0.25, -0.2) is 15.0 Å². The molecule has 0 aliphatic rings. The van der Waals surface area contributed by atoms with E-state index in [0.717, 1.165) is 77.0 Å². The Morgan fingerprint density at radius 3 is 1.42 bits per heavy atom. The fourth-order valence-electron chi connectivity index (χ4n) is 8.06. The van der Waals surface area contributed by atoms with Gasteiger partial charge in [-0.1, -0.05) is 158 Å². The van der Waals surface area contributed by atoms with Crippen molar-refractivity contribution in [3.05, 3.63) is 200 Å². The van der Waals surface area contributed by atoms with Crippen molar-refractivity contribution in [3.63, 3.8) is 0 Å². The first kappa shape index (κ1) is 32.7. The number of hydrogen-bond donors (Lipinski definition) is 0. The van der Waals surface area contributed by atoms with Crippen molar-refractivity contribution in [3.8, 4) is 67.5 Å². The highest BCUT2D eigenvalue weighted by molar-refractivity contribution is 6.22. The molecule has 0 aliphatic carbocycles. The number of fused-ring (bicyclic) bond motifs is 6. The van der Waals surface area contributed by atoms with Gasteiger partial charge in [0.15, 0.2) is 17.5 Å². The van der Waals surface area contributed by atoms with Gasteiger partial charge in [0.1, 0.15) is 11.2 Å². The largest absolute Gasteiger partial charge is 0.456 e. The fraction of sp³-hybridized carbons (Fsp3) is 0. The van der Waals surface area contributed by atoms with Gasteiger partial charge in [0.25, 0.3) is 0 Å². The third-order valence-corrected chi connectivity index (χ3v) is 10.9. The zero-order valence-corrected chi connectivity index (χ0v) is 30.8. The Bertz CT molecular complexity index is 3280. The molecule has 0 saturated heterocycles. The molecule has 0 unspecified atom stereocenters. The van der Waals surface area contributed by atoms with Crippen LogP contribution in [-0.2, 0) is 0 Å². The van der Waals surface area contributed by atoms with Crippen molar-refractivity contribution in [2.75, 3.05) is 0 Å². The van der Waals surface area contributed by atoms with E-state index in [-0.39, 0.29) is 0 Å². The summed E-state index contributed by atoms with van der Waals surface area (Å²) >= 11 is 0. The molecule has 0 amide bonds. The molecule has 57 heavy (non-hydrogen) atoms. The molecule has 2 heterocycles. The second kappa shape index (κ2) is 13.6. The van der Waals surface area contributed by atoms with Gasteiger partial charge < -0.3 is 4.42 Å². The van der Waals surface area contributed by atoms with E-state index < -0.39 is 0 Å². The monoisotopic (exact) mass is 727 g/mol. The Labute approximate surface area is 329 Å². The molecule has 0 bridgehead atoms. The molecule has 9 aromatic carbocycles. The van der Waals surface area contributed by atoms with Crippen LogP contribution < -0.4 is 0 Å². The standard InChI is InChI=1S/C53H33N3O/c1-4-13-34(14-5-1)37-19-12-20-41(30-37)51-54-52(42-26-25-39-29-38(23-24-40(39)31-42)35-15-6-2-7-16-35)56-53(55-51)43-27-28-48-47(32-43)50-45-22-11-10-21-44(45)46(33-49(50)57-48)36-17-8-3-9-18-36/h1-33H. The number of hydrogen-bond acceptors (Lipinski definition) is 4. The van der Waals surface area contributed by atoms with Crippen LogP contribution in [-0.4, -0.2) is 15.0 Å². The molecule has 0 saturated carbocycles. The second-order valence-corrected chi connectivity index (χ2v) is 14.4. The summed E-state index contributed by atoms with van der Waals surface area (Å²) in [5.41, 5.74) is 11.3. The lowest BCUT2D eigenvalue weighted by molar-refractivity contribution is 0.669. The Morgan fingerprint density at radius 2 is 0.754 bits per heavy atom. The van der Waals surface area contributed by atoms with Crippen LogP contribution in [0.3, 0.4) is 0 Å². The maximum Gasteiger partial charge on any atom is 0.164 e. The van der Waals surface area contributed by atoms with Crippen LogP contribution in [0.15, 0.2) is 205 Å². The first-order valence-electron chi connectivity index (χ1n) is 19.2. The van der Waals surface area contributed by atoms with Crippen LogP contribution >= 0.6 is 0 Å². The Hall–Kier alpha value is -7.69. The molecule has 2 aromatic heterocycles. The summed E-state index contributed by atoms with van der Waals surface area (Å²) in [7, 11) is 0. The van der Waals surface area contributed by atoms with Gasteiger partial charge in [0, 0.05) is 27.5 Å². The molecular weight excluding hydrogens is 695 g/mol. The average Bonchev–Trinajstić information content (AvgIpc) is 3.67. The Morgan fingerprint density at radius 1 is 0.281 bits per heavy atom. The molecule has 0 atom stereocenters. The van der Waals surface area contributed by atoms with Crippen molar-refractivity contribution in [1.82, 2.24) is 15.0 Å². The smallest absolute Gasteiger partial charge is 0.164 e. The molecule has 0 aliphatic heterocycles. The topological polar surface area (TPSA) is 51.8 Å². The van der Waals surface area contributed by atoms with Gasteiger partial charge in [-0.2, -0.15) is 0 Å². The van der Waals surface area contributed by atoms with Gasteiger partial charge in [0.05, 0.1) is 0 Å². The van der Waals surface area contributed by atoms with E-state index in [1.807, 2.05) is 24.3 Å². The highest BCUT2D eigenvalue weighted by Crippen LogP contribution is 2.41. The zero-order valence-electron chi connectivity index (χ0n) is 30.8. The van der Waals surface area contributed by atoms with E-state index in [1.54, 1.807) is 0 Å². The highest BCUT2D eigenvalue weighted by atomic mass is 16.3. The van der Waals surface area contributed by atoms with E-state index in [2.05, 4.69) is 176 Å². The van der Waals surface area contributed by atoms with Crippen molar-refractivity contribution in [2.45, 2.75) is 0 Å². The van der Waals surface area contributed by atoms with Gasteiger partial charge in [0.2, 0.25) is 0 Å². The van der Waals surface area contributed by atoms with Crippen LogP contribution in [0.2, 0.25) is 0 Å². The van der Waals surface area contributed by atoms with Crippen molar-refractivity contribution in [1.29, 1.82) is 0 Å². The minimum Gasteiger partial charge on any atom is -0.456 e. The molecule has 11 aromatic rings. The van der Waals surface area contributed by atoms with Gasteiger partial charge in [-0.05, 0) is 97.4 Å². The summed E-state index contributed by atoms with van der Waals surface area (Å²) in [5, 5.41) is 6.70. The number of benzene rings is 9. The average molecular weight is 728 g/mol. The second-order valence-electron chi connectivity index (χ2n) is 14.4. The fourth-order valence-corrected chi connectivity index (χ4v) is 8.06. The molecular formula is C53H33N3O. The molecule has 0 fully saturated rings. The lowest BCUT2D eigenvalue weighted by atomic mass is 9.95. The third-order valence-electron chi connectivity index (χ3n) is 10.9. The quantitative estimate of drug-likeness (QED) is 0.171. The van der Waals surface area contributed by atoms with E-state index >= 15 is 0 Å². The minimum absolute atomic E-state index is 0.598. The summed E-state index contributed by atoms with van der Waals surface area (Å²) in [6, 6.07) is 69.9. The molecule has 11 rings (SSSR count). The maximum absolute atomic E-state index is 6.58. The Balaban J connectivity index is 1.08. The SMILES string of the molecule is c1ccc(-c2cccc(-c3nc(-c4ccc5cc(-c6ccccc6)ccc5c4)nc(-c4ccc5oc6cc(-c7ccccc7)c7ccccc7c6c5c4)n3)c2)cc1. The van der Waals surface area contributed by atoms with Crippen molar-refractivity contribution >= 4 is 43.5 Å². The van der Waals surface area contributed by atoms with Crippen LogP contribution in [0.5, 0.6) is 0 Å². The van der Waals surface area contributed by atoms with Crippen LogP contribution in [0.25, 0.3) is 111 Å². The molecule has 266 valence electrons. The van der Waals surface area contributed by atoms with E-state index in [1.165, 1.54) is 16.5 Å². The normalized spacial score (nSPS) is 11.5. The summed E-state index contributed by atoms with van der Waals surface area (Å²) < 4.78 is 6.58. The van der Waals surface area contributed by atoms with Crippen molar-refractivity contribution < 1.29 is 4.42 Å². The number of furan rings is 1. The summed E-state index contributed by atoms with van der Waals surface area (Å²) in [6.45, 7) is 0. The molecule has 0 radical (unpaired) electrons. The van der Waals surface area contributed by atoms with Gasteiger partial charge >= 0.3 is 0 Å². The maximum atomic E-state index is 6.58. The summed E-state index contributed by atoms with van der Waals surface area (Å²) in [5.74, 6) is 1.83. The first-order valence-corrected chi connectivity index (χ1v) is 19.2. The summed E-state index contributed by atoms with van der Waals surface area (Å²) in [4.78, 5) is 15.5. The van der Waals surface area contributed by atoms with Crippen LogP contribution in [0, 0.1) is 0 Å². The molecule has 0 N–H and O–H groups in total. The van der Waals surface area contributed by atoms with E-state index in [9.17, 15) is 0 Å². The minimum atomic E-state index is 0.598. The zero-order chi connectivity index (χ0) is 37.7. The summed E-state index contributed by atoms with van der Waals surface area (Å²) in [6.07, 6.45) is 0.